The lowest BCUT2D eigenvalue weighted by Gasteiger charge is -2.16. The van der Waals surface area contributed by atoms with Gasteiger partial charge in [-0.3, -0.25) is 4.99 Å². The Bertz CT molecular complexity index is 347. The van der Waals surface area contributed by atoms with Gasteiger partial charge in [-0.1, -0.05) is 18.2 Å². The molecule has 0 aliphatic rings. The number of nitrogens with zero attached hydrogens (tertiary/aromatic N) is 2. The summed E-state index contributed by atoms with van der Waals surface area (Å²) in [6.07, 6.45) is 0. The van der Waals surface area contributed by atoms with E-state index < -0.39 is 0 Å². The van der Waals surface area contributed by atoms with Gasteiger partial charge >= 0.3 is 0 Å². The van der Waals surface area contributed by atoms with E-state index in [0.717, 1.165) is 5.96 Å². The zero-order chi connectivity index (χ0) is 11.3. The fourth-order valence-electron chi connectivity index (χ4n) is 1.25. The molecule has 82 valence electrons. The van der Waals surface area contributed by atoms with E-state index in [-0.39, 0.29) is 5.82 Å². The second-order valence-corrected chi connectivity index (χ2v) is 3.39. The van der Waals surface area contributed by atoms with Crippen LogP contribution < -0.4 is 5.32 Å². The topological polar surface area (TPSA) is 27.6 Å². The van der Waals surface area contributed by atoms with Gasteiger partial charge in [0.2, 0.25) is 0 Å². The van der Waals surface area contributed by atoms with Crippen molar-refractivity contribution >= 4 is 5.96 Å². The van der Waals surface area contributed by atoms with Crippen molar-refractivity contribution in [3.8, 4) is 0 Å². The quantitative estimate of drug-likeness (QED) is 0.590. The molecule has 0 aliphatic heterocycles. The molecule has 1 N–H and O–H groups in total. The molecule has 0 aromatic heterocycles. The second kappa shape index (κ2) is 5.34. The molecule has 0 saturated heterocycles. The van der Waals surface area contributed by atoms with E-state index in [9.17, 15) is 4.39 Å². The standard InChI is InChI=1S/C11H16FN3/c1-13-11(15(2)3)14-8-9-6-4-5-7-10(9)12/h4-7H,8H2,1-3H3,(H,13,14). The molecular formula is C11H16FN3. The molecule has 0 aliphatic carbocycles. The van der Waals surface area contributed by atoms with Crippen molar-refractivity contribution < 1.29 is 4.39 Å². The van der Waals surface area contributed by atoms with Crippen LogP contribution in [0.2, 0.25) is 0 Å². The van der Waals surface area contributed by atoms with E-state index in [2.05, 4.69) is 10.3 Å². The van der Waals surface area contributed by atoms with Crippen LogP contribution in [0.4, 0.5) is 4.39 Å². The minimum Gasteiger partial charge on any atom is -0.352 e. The molecular weight excluding hydrogens is 193 g/mol. The molecule has 0 fully saturated rings. The first-order chi connectivity index (χ1) is 7.15. The summed E-state index contributed by atoms with van der Waals surface area (Å²) in [5.41, 5.74) is 0.639. The summed E-state index contributed by atoms with van der Waals surface area (Å²) in [5, 5.41) is 3.06. The number of guanidine groups is 1. The van der Waals surface area contributed by atoms with Gasteiger partial charge in [-0.15, -0.1) is 0 Å². The lowest BCUT2D eigenvalue weighted by Crippen LogP contribution is -2.35. The maximum Gasteiger partial charge on any atom is 0.193 e. The number of halogens is 1. The van der Waals surface area contributed by atoms with Crippen LogP contribution in [0.15, 0.2) is 29.3 Å². The third kappa shape index (κ3) is 3.23. The van der Waals surface area contributed by atoms with Gasteiger partial charge in [-0.2, -0.15) is 0 Å². The lowest BCUT2D eigenvalue weighted by atomic mass is 10.2. The molecule has 0 radical (unpaired) electrons. The molecule has 0 atom stereocenters. The molecule has 0 bridgehead atoms. The highest BCUT2D eigenvalue weighted by Crippen LogP contribution is 2.05. The Labute approximate surface area is 89.6 Å². The number of rotatable bonds is 2. The summed E-state index contributed by atoms with van der Waals surface area (Å²) < 4.78 is 13.3. The fourth-order valence-corrected chi connectivity index (χ4v) is 1.25. The zero-order valence-electron chi connectivity index (χ0n) is 9.29. The van der Waals surface area contributed by atoms with Crippen molar-refractivity contribution in [3.63, 3.8) is 0 Å². The van der Waals surface area contributed by atoms with Crippen LogP contribution in [0.3, 0.4) is 0 Å². The Hall–Kier alpha value is -1.58. The number of benzene rings is 1. The molecule has 0 unspecified atom stereocenters. The predicted molar refractivity (Wildman–Crippen MR) is 60.3 cm³/mol. The van der Waals surface area contributed by atoms with E-state index in [1.165, 1.54) is 6.07 Å². The van der Waals surface area contributed by atoms with Crippen LogP contribution in [-0.2, 0) is 6.54 Å². The van der Waals surface area contributed by atoms with Crippen molar-refractivity contribution in [1.29, 1.82) is 0 Å². The minimum absolute atomic E-state index is 0.195. The summed E-state index contributed by atoms with van der Waals surface area (Å²) in [5.74, 6) is 0.539. The van der Waals surface area contributed by atoms with Crippen molar-refractivity contribution in [3.05, 3.63) is 35.6 Å². The summed E-state index contributed by atoms with van der Waals surface area (Å²) in [6.45, 7) is 0.442. The maximum absolute atomic E-state index is 13.3. The molecule has 1 rings (SSSR count). The van der Waals surface area contributed by atoms with E-state index in [1.807, 2.05) is 25.1 Å². The molecule has 4 heteroatoms. The monoisotopic (exact) mass is 209 g/mol. The van der Waals surface area contributed by atoms with Crippen molar-refractivity contribution in [2.45, 2.75) is 6.54 Å². The van der Waals surface area contributed by atoms with Crippen LogP contribution in [0.25, 0.3) is 0 Å². The molecule has 0 spiro atoms. The summed E-state index contributed by atoms with van der Waals surface area (Å²) in [4.78, 5) is 5.89. The Morgan fingerprint density at radius 3 is 2.60 bits per heavy atom. The number of nitrogens with one attached hydrogen (secondary N) is 1. The van der Waals surface area contributed by atoms with E-state index in [0.29, 0.717) is 12.1 Å². The van der Waals surface area contributed by atoms with E-state index in [1.54, 1.807) is 19.2 Å². The SMILES string of the molecule is CN=C(NCc1ccccc1F)N(C)C. The highest BCUT2D eigenvalue weighted by Gasteiger charge is 2.03. The first-order valence-electron chi connectivity index (χ1n) is 4.76. The third-order valence-electron chi connectivity index (χ3n) is 2.03. The first kappa shape index (κ1) is 11.5. The summed E-state index contributed by atoms with van der Waals surface area (Å²) in [6, 6.07) is 6.71. The molecule has 0 saturated carbocycles. The van der Waals surface area contributed by atoms with Gasteiger partial charge in [0.1, 0.15) is 5.82 Å². The highest BCUT2D eigenvalue weighted by atomic mass is 19.1. The van der Waals surface area contributed by atoms with Crippen molar-refractivity contribution in [2.75, 3.05) is 21.1 Å². The smallest absolute Gasteiger partial charge is 0.193 e. The van der Waals surface area contributed by atoms with Crippen LogP contribution in [-0.4, -0.2) is 32.0 Å². The molecule has 0 heterocycles. The number of hydrogen-bond acceptors (Lipinski definition) is 1. The first-order valence-corrected chi connectivity index (χ1v) is 4.76. The summed E-state index contributed by atoms with van der Waals surface area (Å²) >= 11 is 0. The van der Waals surface area contributed by atoms with Gasteiger partial charge in [-0.05, 0) is 6.07 Å². The Morgan fingerprint density at radius 1 is 1.40 bits per heavy atom. The van der Waals surface area contributed by atoms with Crippen molar-refractivity contribution in [2.24, 2.45) is 4.99 Å². The molecule has 3 nitrogen and oxygen atoms in total. The van der Waals surface area contributed by atoms with Gasteiger partial charge in [0.25, 0.3) is 0 Å². The predicted octanol–water partition coefficient (Wildman–Crippen LogP) is 1.46. The molecule has 0 amide bonds. The van der Waals surface area contributed by atoms with Crippen molar-refractivity contribution in [1.82, 2.24) is 10.2 Å². The van der Waals surface area contributed by atoms with Crippen LogP contribution in [0.1, 0.15) is 5.56 Å². The van der Waals surface area contributed by atoms with E-state index >= 15 is 0 Å². The fraction of sp³-hybridized carbons (Fsp3) is 0.364. The number of hydrogen-bond donors (Lipinski definition) is 1. The lowest BCUT2D eigenvalue weighted by molar-refractivity contribution is 0.570. The molecule has 15 heavy (non-hydrogen) atoms. The normalized spacial score (nSPS) is 11.3. The van der Waals surface area contributed by atoms with Crippen LogP contribution >= 0.6 is 0 Å². The average molecular weight is 209 g/mol. The Morgan fingerprint density at radius 2 is 2.07 bits per heavy atom. The number of aliphatic imine (C=N–C) groups is 1. The summed E-state index contributed by atoms with van der Waals surface area (Å²) in [7, 11) is 5.47. The molecule has 1 aromatic rings. The highest BCUT2D eigenvalue weighted by molar-refractivity contribution is 5.79. The van der Waals surface area contributed by atoms with Gasteiger partial charge in [0.05, 0.1) is 0 Å². The van der Waals surface area contributed by atoms with Gasteiger partial charge in [0.15, 0.2) is 5.96 Å². The van der Waals surface area contributed by atoms with Gasteiger partial charge in [-0.25, -0.2) is 4.39 Å². The van der Waals surface area contributed by atoms with Gasteiger partial charge in [0, 0.05) is 33.3 Å². The van der Waals surface area contributed by atoms with Gasteiger partial charge < -0.3 is 10.2 Å². The zero-order valence-corrected chi connectivity index (χ0v) is 9.29. The van der Waals surface area contributed by atoms with Crippen LogP contribution in [0, 0.1) is 5.82 Å². The second-order valence-electron chi connectivity index (χ2n) is 3.39. The van der Waals surface area contributed by atoms with Crippen LogP contribution in [0.5, 0.6) is 0 Å². The Balaban J connectivity index is 2.61. The average Bonchev–Trinajstić information content (AvgIpc) is 2.21. The molecule has 1 aromatic carbocycles. The third-order valence-corrected chi connectivity index (χ3v) is 2.03. The Kier molecular flexibility index (Phi) is 4.09. The van der Waals surface area contributed by atoms with E-state index in [4.69, 9.17) is 0 Å². The largest absolute Gasteiger partial charge is 0.352 e. The maximum atomic E-state index is 13.3. The minimum atomic E-state index is -0.195.